The van der Waals surface area contributed by atoms with Gasteiger partial charge in [-0.05, 0) is 13.5 Å². The van der Waals surface area contributed by atoms with Crippen molar-refractivity contribution in [3.8, 4) is 12.3 Å². The first-order chi connectivity index (χ1) is 6.29. The molecule has 0 aliphatic heterocycles. The highest BCUT2D eigenvalue weighted by Gasteiger charge is 2.11. The highest BCUT2D eigenvalue weighted by atomic mass is 15.1. The van der Waals surface area contributed by atoms with Gasteiger partial charge in [-0.1, -0.05) is 0 Å². The van der Waals surface area contributed by atoms with E-state index in [-0.39, 0.29) is 6.04 Å². The summed E-state index contributed by atoms with van der Waals surface area (Å²) in [7, 11) is 3.92. The Balaban J connectivity index is 2.68. The first kappa shape index (κ1) is 9.82. The fourth-order valence-corrected chi connectivity index (χ4v) is 1.34. The molecular weight excluding hydrogens is 162 g/mol. The van der Waals surface area contributed by atoms with E-state index in [1.54, 1.807) is 6.20 Å². The number of terminal acetylenes is 1. The molecule has 0 aliphatic rings. The van der Waals surface area contributed by atoms with Crippen LogP contribution in [0.5, 0.6) is 0 Å². The molecule has 3 heteroatoms. The minimum absolute atomic E-state index is 0.260. The molecule has 1 rings (SSSR count). The number of nitrogens with one attached hydrogen (secondary N) is 1. The number of aromatic nitrogens is 2. The molecule has 1 aromatic heterocycles. The van der Waals surface area contributed by atoms with E-state index in [9.17, 15) is 0 Å². The molecule has 0 saturated heterocycles. The average Bonchev–Trinajstić information content (AvgIpc) is 2.54. The number of hydrogen-bond donors (Lipinski definition) is 1. The smallest absolute Gasteiger partial charge is 0.125 e. The number of imidazole rings is 1. The summed E-state index contributed by atoms with van der Waals surface area (Å²) in [6.07, 6.45) is 10.7. The summed E-state index contributed by atoms with van der Waals surface area (Å²) >= 11 is 0. The van der Waals surface area contributed by atoms with Gasteiger partial charge in [-0.15, -0.1) is 12.3 Å². The van der Waals surface area contributed by atoms with Gasteiger partial charge in [-0.25, -0.2) is 4.98 Å². The van der Waals surface area contributed by atoms with Crippen molar-refractivity contribution < 1.29 is 0 Å². The second-order valence-electron chi connectivity index (χ2n) is 2.98. The van der Waals surface area contributed by atoms with Crippen LogP contribution in [0, 0.1) is 12.3 Å². The maximum absolute atomic E-state index is 5.22. The lowest BCUT2D eigenvalue weighted by Gasteiger charge is -2.14. The van der Waals surface area contributed by atoms with Gasteiger partial charge in [0.05, 0.1) is 6.04 Å². The molecule has 13 heavy (non-hydrogen) atoms. The van der Waals surface area contributed by atoms with Gasteiger partial charge in [0.25, 0.3) is 0 Å². The van der Waals surface area contributed by atoms with Crippen LogP contribution in [-0.4, -0.2) is 16.6 Å². The number of aryl methyl sites for hydroxylation is 1. The third-order valence-electron chi connectivity index (χ3n) is 2.10. The van der Waals surface area contributed by atoms with E-state index in [2.05, 4.69) is 16.2 Å². The highest BCUT2D eigenvalue weighted by molar-refractivity contribution is 4.99. The van der Waals surface area contributed by atoms with Crippen LogP contribution in [0.15, 0.2) is 12.4 Å². The molecule has 0 radical (unpaired) electrons. The molecular formula is C10H15N3. The Morgan fingerprint density at radius 3 is 3.00 bits per heavy atom. The Morgan fingerprint density at radius 2 is 2.54 bits per heavy atom. The van der Waals surface area contributed by atoms with Crippen LogP contribution in [0.2, 0.25) is 0 Å². The second kappa shape index (κ2) is 4.68. The van der Waals surface area contributed by atoms with Crippen LogP contribution in [0.4, 0.5) is 0 Å². The standard InChI is InChI=1S/C10H15N3/c1-4-5-6-9(11-2)10-12-7-8-13(10)3/h1,7-9,11H,5-6H2,2-3H3. The fraction of sp³-hybridized carbons (Fsp3) is 0.500. The molecule has 0 amide bonds. The van der Waals surface area contributed by atoms with E-state index in [4.69, 9.17) is 6.42 Å². The van der Waals surface area contributed by atoms with Gasteiger partial charge in [-0.2, -0.15) is 0 Å². The first-order valence-corrected chi connectivity index (χ1v) is 4.37. The predicted octanol–water partition coefficient (Wildman–Crippen LogP) is 1.09. The van der Waals surface area contributed by atoms with Crippen molar-refractivity contribution in [3.05, 3.63) is 18.2 Å². The van der Waals surface area contributed by atoms with Gasteiger partial charge < -0.3 is 9.88 Å². The first-order valence-electron chi connectivity index (χ1n) is 4.37. The molecule has 1 unspecified atom stereocenters. The van der Waals surface area contributed by atoms with E-state index in [1.807, 2.05) is 24.9 Å². The van der Waals surface area contributed by atoms with Crippen molar-refractivity contribution in [2.75, 3.05) is 7.05 Å². The minimum Gasteiger partial charge on any atom is -0.337 e. The van der Waals surface area contributed by atoms with Crippen LogP contribution in [-0.2, 0) is 7.05 Å². The summed E-state index contributed by atoms with van der Waals surface area (Å²) in [5.41, 5.74) is 0. The SMILES string of the molecule is C#CCCC(NC)c1nccn1C. The van der Waals surface area contributed by atoms with Gasteiger partial charge >= 0.3 is 0 Å². The van der Waals surface area contributed by atoms with Gasteiger partial charge in [0.15, 0.2) is 0 Å². The van der Waals surface area contributed by atoms with E-state index < -0.39 is 0 Å². The Kier molecular flexibility index (Phi) is 3.53. The number of nitrogens with zero attached hydrogens (tertiary/aromatic N) is 2. The maximum atomic E-state index is 5.22. The van der Waals surface area contributed by atoms with Crippen molar-refractivity contribution in [2.24, 2.45) is 7.05 Å². The normalized spacial score (nSPS) is 12.4. The maximum Gasteiger partial charge on any atom is 0.125 e. The quantitative estimate of drug-likeness (QED) is 0.698. The largest absolute Gasteiger partial charge is 0.337 e. The zero-order valence-corrected chi connectivity index (χ0v) is 8.12. The van der Waals surface area contributed by atoms with E-state index in [0.717, 1.165) is 18.7 Å². The lowest BCUT2D eigenvalue weighted by atomic mass is 10.1. The van der Waals surface area contributed by atoms with Crippen LogP contribution < -0.4 is 5.32 Å². The Labute approximate surface area is 79.2 Å². The van der Waals surface area contributed by atoms with E-state index >= 15 is 0 Å². The fourth-order valence-electron chi connectivity index (χ4n) is 1.34. The predicted molar refractivity (Wildman–Crippen MR) is 53.1 cm³/mol. The van der Waals surface area contributed by atoms with Gasteiger partial charge in [0.1, 0.15) is 5.82 Å². The second-order valence-corrected chi connectivity index (χ2v) is 2.98. The summed E-state index contributed by atoms with van der Waals surface area (Å²) in [6.45, 7) is 0. The molecule has 0 aliphatic carbocycles. The van der Waals surface area contributed by atoms with E-state index in [0.29, 0.717) is 0 Å². The third-order valence-corrected chi connectivity index (χ3v) is 2.10. The average molecular weight is 177 g/mol. The minimum atomic E-state index is 0.260. The summed E-state index contributed by atoms with van der Waals surface area (Å²) in [5.74, 6) is 3.68. The van der Waals surface area contributed by atoms with Crippen molar-refractivity contribution in [2.45, 2.75) is 18.9 Å². The van der Waals surface area contributed by atoms with Crippen molar-refractivity contribution in [1.29, 1.82) is 0 Å². The molecule has 70 valence electrons. The Bertz CT molecular complexity index is 295. The molecule has 1 N–H and O–H groups in total. The molecule has 1 aromatic rings. The molecule has 3 nitrogen and oxygen atoms in total. The zero-order valence-electron chi connectivity index (χ0n) is 8.12. The zero-order chi connectivity index (χ0) is 9.68. The molecule has 0 saturated carbocycles. The molecule has 0 aromatic carbocycles. The molecule has 0 spiro atoms. The summed E-state index contributed by atoms with van der Waals surface area (Å²) < 4.78 is 2.01. The summed E-state index contributed by atoms with van der Waals surface area (Å²) in [4.78, 5) is 4.27. The molecule has 1 atom stereocenters. The van der Waals surface area contributed by atoms with Crippen LogP contribution in [0.1, 0.15) is 24.7 Å². The van der Waals surface area contributed by atoms with Crippen molar-refractivity contribution in [3.63, 3.8) is 0 Å². The molecule has 1 heterocycles. The van der Waals surface area contributed by atoms with Crippen LogP contribution in [0.25, 0.3) is 0 Å². The van der Waals surface area contributed by atoms with Crippen molar-refractivity contribution in [1.82, 2.24) is 14.9 Å². The van der Waals surface area contributed by atoms with Gasteiger partial charge in [0, 0.05) is 25.9 Å². The molecule has 0 bridgehead atoms. The number of hydrogen-bond acceptors (Lipinski definition) is 2. The highest BCUT2D eigenvalue weighted by Crippen LogP contribution is 2.14. The number of rotatable bonds is 4. The third kappa shape index (κ3) is 2.33. The van der Waals surface area contributed by atoms with Gasteiger partial charge in [-0.3, -0.25) is 0 Å². The Morgan fingerprint density at radius 1 is 1.77 bits per heavy atom. The van der Waals surface area contributed by atoms with Crippen molar-refractivity contribution >= 4 is 0 Å². The monoisotopic (exact) mass is 177 g/mol. The van der Waals surface area contributed by atoms with E-state index in [1.165, 1.54) is 0 Å². The summed E-state index contributed by atoms with van der Waals surface area (Å²) in [5, 5.41) is 3.20. The topological polar surface area (TPSA) is 29.9 Å². The molecule has 0 fully saturated rings. The van der Waals surface area contributed by atoms with Gasteiger partial charge in [0.2, 0.25) is 0 Å². The lowest BCUT2D eigenvalue weighted by Crippen LogP contribution is -2.19. The van der Waals surface area contributed by atoms with Crippen LogP contribution >= 0.6 is 0 Å². The van der Waals surface area contributed by atoms with Crippen LogP contribution in [0.3, 0.4) is 0 Å². The Hall–Kier alpha value is -1.27. The summed E-state index contributed by atoms with van der Waals surface area (Å²) in [6, 6.07) is 0.260. The lowest BCUT2D eigenvalue weighted by molar-refractivity contribution is 0.512.